The van der Waals surface area contributed by atoms with Crippen molar-refractivity contribution in [2.24, 2.45) is 0 Å². The number of hydrogen-bond acceptors (Lipinski definition) is 3. The Hall–Kier alpha value is -2.62. The fourth-order valence-corrected chi connectivity index (χ4v) is 2.33. The summed E-state index contributed by atoms with van der Waals surface area (Å²) in [6, 6.07) is 11.5. The lowest BCUT2D eigenvalue weighted by Gasteiger charge is -2.10. The molecule has 20 heavy (non-hydrogen) atoms. The number of ether oxygens (including phenoxy) is 1. The minimum Gasteiger partial charge on any atom is -0.465 e. The van der Waals surface area contributed by atoms with Crippen LogP contribution in [0.15, 0.2) is 48.8 Å². The predicted octanol–water partition coefficient (Wildman–Crippen LogP) is 3.12. The van der Waals surface area contributed by atoms with E-state index in [0.29, 0.717) is 5.56 Å². The molecule has 0 bridgehead atoms. The highest BCUT2D eigenvalue weighted by molar-refractivity contribution is 5.90. The molecule has 4 heteroatoms. The highest BCUT2D eigenvalue weighted by Gasteiger charge is 2.10. The first kappa shape index (κ1) is 12.4. The minimum atomic E-state index is -0.324. The topological polar surface area (TPSA) is 44.1 Å². The van der Waals surface area contributed by atoms with Gasteiger partial charge >= 0.3 is 5.97 Å². The third-order valence-electron chi connectivity index (χ3n) is 3.33. The zero-order valence-corrected chi connectivity index (χ0v) is 11.3. The number of esters is 1. The van der Waals surface area contributed by atoms with Crippen LogP contribution in [0, 0.1) is 6.92 Å². The lowest BCUT2D eigenvalue weighted by Crippen LogP contribution is -2.03. The van der Waals surface area contributed by atoms with Gasteiger partial charge in [-0.3, -0.25) is 0 Å². The largest absolute Gasteiger partial charge is 0.465 e. The number of aromatic nitrogens is 2. The van der Waals surface area contributed by atoms with E-state index < -0.39 is 0 Å². The second kappa shape index (κ2) is 4.81. The molecule has 0 saturated carbocycles. The summed E-state index contributed by atoms with van der Waals surface area (Å²) in [5.41, 5.74) is 3.46. The molecular formula is C16H14N2O2. The van der Waals surface area contributed by atoms with Gasteiger partial charge in [-0.05, 0) is 48.9 Å². The Labute approximate surface area is 116 Å². The summed E-state index contributed by atoms with van der Waals surface area (Å²) in [4.78, 5) is 15.9. The fraction of sp³-hybridized carbons (Fsp3) is 0.125. The third kappa shape index (κ3) is 1.95. The second-order valence-electron chi connectivity index (χ2n) is 4.59. The van der Waals surface area contributed by atoms with Gasteiger partial charge < -0.3 is 9.30 Å². The Morgan fingerprint density at radius 3 is 2.85 bits per heavy atom. The molecule has 2 aromatic heterocycles. The van der Waals surface area contributed by atoms with E-state index in [-0.39, 0.29) is 5.97 Å². The van der Waals surface area contributed by atoms with Crippen molar-refractivity contribution in [2.45, 2.75) is 6.92 Å². The maximum absolute atomic E-state index is 11.5. The highest BCUT2D eigenvalue weighted by Crippen LogP contribution is 2.22. The smallest absolute Gasteiger partial charge is 0.337 e. The molecule has 0 atom stereocenters. The third-order valence-corrected chi connectivity index (χ3v) is 3.33. The molecule has 1 aromatic carbocycles. The number of pyridine rings is 1. The lowest BCUT2D eigenvalue weighted by molar-refractivity contribution is 0.0600. The quantitative estimate of drug-likeness (QED) is 0.669. The maximum atomic E-state index is 11.5. The molecule has 0 unspecified atom stereocenters. The summed E-state index contributed by atoms with van der Waals surface area (Å²) in [6.07, 6.45) is 3.76. The summed E-state index contributed by atoms with van der Waals surface area (Å²) in [5, 5.41) is 1.09. The Balaban J connectivity index is 2.13. The molecule has 0 saturated heterocycles. The Kier molecular flexibility index (Phi) is 2.99. The first-order chi connectivity index (χ1) is 9.70. The summed E-state index contributed by atoms with van der Waals surface area (Å²) in [6.45, 7) is 1.97. The Morgan fingerprint density at radius 1 is 1.25 bits per heavy atom. The highest BCUT2D eigenvalue weighted by atomic mass is 16.5. The monoisotopic (exact) mass is 266 g/mol. The van der Waals surface area contributed by atoms with Crippen LogP contribution in [0.4, 0.5) is 0 Å². The average molecular weight is 266 g/mol. The SMILES string of the molecule is COC(=O)c1ccc(-n2ccc3cccnc32)c(C)c1. The van der Waals surface area contributed by atoms with Gasteiger partial charge in [0.05, 0.1) is 12.7 Å². The normalized spacial score (nSPS) is 10.7. The predicted molar refractivity (Wildman–Crippen MR) is 77.1 cm³/mol. The van der Waals surface area contributed by atoms with Gasteiger partial charge in [0.1, 0.15) is 5.65 Å². The van der Waals surface area contributed by atoms with E-state index in [4.69, 9.17) is 4.74 Å². The van der Waals surface area contributed by atoms with Crippen LogP contribution < -0.4 is 0 Å². The summed E-state index contributed by atoms with van der Waals surface area (Å²) >= 11 is 0. The molecule has 0 aliphatic carbocycles. The molecular weight excluding hydrogens is 252 g/mol. The van der Waals surface area contributed by atoms with Crippen molar-refractivity contribution in [3.63, 3.8) is 0 Å². The van der Waals surface area contributed by atoms with Crippen LogP contribution in [0.5, 0.6) is 0 Å². The van der Waals surface area contributed by atoms with E-state index in [1.807, 2.05) is 48.0 Å². The maximum Gasteiger partial charge on any atom is 0.337 e. The van der Waals surface area contributed by atoms with Crippen LogP contribution in [0.25, 0.3) is 16.7 Å². The van der Waals surface area contributed by atoms with E-state index >= 15 is 0 Å². The van der Waals surface area contributed by atoms with Crippen molar-refractivity contribution >= 4 is 17.0 Å². The molecule has 4 nitrogen and oxygen atoms in total. The molecule has 0 fully saturated rings. The van der Waals surface area contributed by atoms with Crippen LogP contribution >= 0.6 is 0 Å². The first-order valence-corrected chi connectivity index (χ1v) is 6.32. The van der Waals surface area contributed by atoms with Crippen molar-refractivity contribution in [3.8, 4) is 5.69 Å². The van der Waals surface area contributed by atoms with Gasteiger partial charge in [0.25, 0.3) is 0 Å². The van der Waals surface area contributed by atoms with E-state index in [2.05, 4.69) is 4.98 Å². The number of fused-ring (bicyclic) bond motifs is 1. The van der Waals surface area contributed by atoms with E-state index in [0.717, 1.165) is 22.3 Å². The van der Waals surface area contributed by atoms with Gasteiger partial charge in [0, 0.05) is 23.5 Å². The molecule has 0 amide bonds. The molecule has 2 heterocycles. The van der Waals surface area contributed by atoms with E-state index in [1.54, 1.807) is 12.3 Å². The zero-order valence-electron chi connectivity index (χ0n) is 11.3. The first-order valence-electron chi connectivity index (χ1n) is 6.32. The Morgan fingerprint density at radius 2 is 2.10 bits per heavy atom. The molecule has 0 radical (unpaired) electrons. The minimum absolute atomic E-state index is 0.324. The van der Waals surface area contributed by atoms with Gasteiger partial charge in [-0.25, -0.2) is 9.78 Å². The van der Waals surface area contributed by atoms with Gasteiger partial charge in [0.15, 0.2) is 0 Å². The van der Waals surface area contributed by atoms with Crippen LogP contribution in [0.3, 0.4) is 0 Å². The van der Waals surface area contributed by atoms with Gasteiger partial charge in [-0.1, -0.05) is 0 Å². The number of aryl methyl sites for hydroxylation is 1. The van der Waals surface area contributed by atoms with Crippen LogP contribution in [-0.4, -0.2) is 22.6 Å². The van der Waals surface area contributed by atoms with Crippen LogP contribution in [0.2, 0.25) is 0 Å². The van der Waals surface area contributed by atoms with Crippen molar-refractivity contribution in [3.05, 3.63) is 59.9 Å². The molecule has 3 aromatic rings. The number of methoxy groups -OCH3 is 1. The van der Waals surface area contributed by atoms with Gasteiger partial charge in [0.2, 0.25) is 0 Å². The van der Waals surface area contributed by atoms with Gasteiger partial charge in [-0.2, -0.15) is 0 Å². The average Bonchev–Trinajstić information content (AvgIpc) is 2.90. The van der Waals surface area contributed by atoms with E-state index in [9.17, 15) is 4.79 Å². The fourth-order valence-electron chi connectivity index (χ4n) is 2.33. The molecule has 0 aliphatic rings. The molecule has 3 rings (SSSR count). The standard InChI is InChI=1S/C16H14N2O2/c1-11-10-13(16(19)20-2)5-6-14(11)18-9-7-12-4-3-8-17-15(12)18/h3-10H,1-2H3. The Bertz CT molecular complexity index is 790. The molecule has 0 N–H and O–H groups in total. The van der Waals surface area contributed by atoms with Gasteiger partial charge in [-0.15, -0.1) is 0 Å². The van der Waals surface area contributed by atoms with Crippen molar-refractivity contribution < 1.29 is 9.53 Å². The summed E-state index contributed by atoms with van der Waals surface area (Å²) in [7, 11) is 1.38. The zero-order chi connectivity index (χ0) is 14.1. The number of nitrogens with zero attached hydrogens (tertiary/aromatic N) is 2. The molecule has 0 spiro atoms. The van der Waals surface area contributed by atoms with Crippen molar-refractivity contribution in [1.82, 2.24) is 9.55 Å². The number of benzene rings is 1. The van der Waals surface area contributed by atoms with Crippen LogP contribution in [-0.2, 0) is 4.74 Å². The number of hydrogen-bond donors (Lipinski definition) is 0. The lowest BCUT2D eigenvalue weighted by atomic mass is 10.1. The number of carbonyl (C=O) groups excluding carboxylic acids is 1. The molecule has 0 aliphatic heterocycles. The van der Waals surface area contributed by atoms with Crippen molar-refractivity contribution in [1.29, 1.82) is 0 Å². The number of carbonyl (C=O) groups is 1. The van der Waals surface area contributed by atoms with E-state index in [1.165, 1.54) is 7.11 Å². The summed E-state index contributed by atoms with van der Waals surface area (Å²) < 4.78 is 6.75. The van der Waals surface area contributed by atoms with Crippen LogP contribution in [0.1, 0.15) is 15.9 Å². The molecule has 100 valence electrons. The summed E-state index contributed by atoms with van der Waals surface area (Å²) in [5.74, 6) is -0.324. The second-order valence-corrected chi connectivity index (χ2v) is 4.59. The van der Waals surface area contributed by atoms with Crippen molar-refractivity contribution in [2.75, 3.05) is 7.11 Å². The number of rotatable bonds is 2.